The highest BCUT2D eigenvalue weighted by atomic mass is 16.6. The number of hydrogen-bond acceptors (Lipinski definition) is 5. The average Bonchev–Trinajstić information content (AvgIpc) is 2.94. The Hall–Kier alpha value is -1.66. The minimum atomic E-state index is -0.408. The van der Waals surface area contributed by atoms with Gasteiger partial charge in [0.1, 0.15) is 0 Å². The van der Waals surface area contributed by atoms with Gasteiger partial charge in [0.05, 0.1) is 11.5 Å². The van der Waals surface area contributed by atoms with Crippen LogP contribution in [0.1, 0.15) is 31.2 Å². The van der Waals surface area contributed by atoms with Gasteiger partial charge in [-0.2, -0.15) is 0 Å². The van der Waals surface area contributed by atoms with Crippen LogP contribution in [0.3, 0.4) is 0 Å². The van der Waals surface area contributed by atoms with E-state index in [1.165, 1.54) is 25.0 Å². The second-order valence-electron chi connectivity index (χ2n) is 5.27. The molecule has 3 N–H and O–H groups in total. The van der Waals surface area contributed by atoms with Crippen molar-refractivity contribution in [2.75, 3.05) is 18.9 Å². The number of nitrogens with zero attached hydrogens (tertiary/aromatic N) is 2. The lowest BCUT2D eigenvalue weighted by Crippen LogP contribution is -2.35. The van der Waals surface area contributed by atoms with E-state index >= 15 is 0 Å². The van der Waals surface area contributed by atoms with Crippen molar-refractivity contribution in [2.24, 2.45) is 0 Å². The molecule has 6 heteroatoms. The molecule has 1 saturated carbocycles. The highest BCUT2D eigenvalue weighted by Crippen LogP contribution is 2.27. The molecule has 0 saturated heterocycles. The Bertz CT molecular complexity index is 473. The maximum atomic E-state index is 10.8. The van der Waals surface area contributed by atoms with Crippen LogP contribution in [0.5, 0.6) is 0 Å². The Morgan fingerprint density at radius 2 is 2.10 bits per heavy atom. The fraction of sp³-hybridized carbons (Fsp3) is 0.571. The minimum Gasteiger partial charge on any atom is -0.398 e. The van der Waals surface area contributed by atoms with E-state index in [1.54, 1.807) is 6.07 Å². The number of nitro benzene ring substituents is 1. The van der Waals surface area contributed by atoms with Crippen LogP contribution in [0.15, 0.2) is 18.2 Å². The van der Waals surface area contributed by atoms with Crippen LogP contribution in [-0.4, -0.2) is 34.1 Å². The van der Waals surface area contributed by atoms with Crippen molar-refractivity contribution in [3.63, 3.8) is 0 Å². The molecule has 0 amide bonds. The normalized spacial score (nSPS) is 15.9. The summed E-state index contributed by atoms with van der Waals surface area (Å²) in [6.45, 7) is 1.22. The summed E-state index contributed by atoms with van der Waals surface area (Å²) in [7, 11) is 0. The van der Waals surface area contributed by atoms with E-state index in [1.807, 2.05) is 0 Å². The Kier molecular flexibility index (Phi) is 4.92. The second-order valence-corrected chi connectivity index (χ2v) is 5.27. The van der Waals surface area contributed by atoms with Gasteiger partial charge in [-0.3, -0.25) is 15.0 Å². The Morgan fingerprint density at radius 1 is 1.40 bits per heavy atom. The average molecular weight is 279 g/mol. The van der Waals surface area contributed by atoms with Crippen LogP contribution in [0.4, 0.5) is 11.4 Å². The zero-order chi connectivity index (χ0) is 14.5. The number of hydrogen-bond donors (Lipinski definition) is 2. The van der Waals surface area contributed by atoms with Crippen LogP contribution in [0.2, 0.25) is 0 Å². The summed E-state index contributed by atoms with van der Waals surface area (Å²) < 4.78 is 0. The zero-order valence-corrected chi connectivity index (χ0v) is 11.5. The summed E-state index contributed by atoms with van der Waals surface area (Å²) in [5, 5.41) is 20.0. The maximum absolute atomic E-state index is 10.8. The third kappa shape index (κ3) is 3.46. The summed E-state index contributed by atoms with van der Waals surface area (Å²) in [6.07, 6.45) is 4.65. The second kappa shape index (κ2) is 6.67. The number of nitrogen functional groups attached to an aromatic ring is 1. The number of nitro groups is 1. The van der Waals surface area contributed by atoms with E-state index in [0.29, 0.717) is 24.8 Å². The highest BCUT2D eigenvalue weighted by Gasteiger charge is 2.23. The van der Waals surface area contributed by atoms with Gasteiger partial charge in [-0.15, -0.1) is 0 Å². The topological polar surface area (TPSA) is 92.6 Å². The molecule has 1 aromatic rings. The van der Waals surface area contributed by atoms with E-state index in [0.717, 1.165) is 18.4 Å². The molecule has 2 rings (SSSR count). The van der Waals surface area contributed by atoms with Gasteiger partial charge in [-0.25, -0.2) is 0 Å². The first kappa shape index (κ1) is 14.7. The van der Waals surface area contributed by atoms with E-state index in [2.05, 4.69) is 4.90 Å². The van der Waals surface area contributed by atoms with Crippen molar-refractivity contribution in [1.29, 1.82) is 0 Å². The lowest BCUT2D eigenvalue weighted by molar-refractivity contribution is -0.384. The molecule has 0 unspecified atom stereocenters. The number of anilines is 1. The van der Waals surface area contributed by atoms with Crippen molar-refractivity contribution in [3.05, 3.63) is 33.9 Å². The van der Waals surface area contributed by atoms with Gasteiger partial charge in [0.25, 0.3) is 5.69 Å². The molecule has 110 valence electrons. The minimum absolute atomic E-state index is 0.0598. The monoisotopic (exact) mass is 279 g/mol. The molecule has 0 aliphatic heterocycles. The van der Waals surface area contributed by atoms with Crippen LogP contribution in [-0.2, 0) is 6.54 Å². The largest absolute Gasteiger partial charge is 0.398 e. The Balaban J connectivity index is 2.16. The van der Waals surface area contributed by atoms with Gasteiger partial charge in [0.15, 0.2) is 0 Å². The molecule has 0 spiro atoms. The molecule has 0 radical (unpaired) electrons. The van der Waals surface area contributed by atoms with Gasteiger partial charge in [-0.05, 0) is 24.5 Å². The summed E-state index contributed by atoms with van der Waals surface area (Å²) >= 11 is 0. The lowest BCUT2D eigenvalue weighted by atomic mass is 10.1. The van der Waals surface area contributed by atoms with Crippen molar-refractivity contribution >= 4 is 11.4 Å². The molecule has 1 aromatic carbocycles. The molecule has 0 bridgehead atoms. The maximum Gasteiger partial charge on any atom is 0.269 e. The van der Waals surface area contributed by atoms with Gasteiger partial charge in [0, 0.05) is 37.0 Å². The van der Waals surface area contributed by atoms with Gasteiger partial charge >= 0.3 is 0 Å². The number of rotatable bonds is 6. The molecule has 1 fully saturated rings. The summed E-state index contributed by atoms with van der Waals surface area (Å²) in [5.41, 5.74) is 7.31. The van der Waals surface area contributed by atoms with Crippen molar-refractivity contribution < 1.29 is 10.0 Å². The SMILES string of the molecule is Nc1ccc([N+](=O)[O-])cc1CN(CCO)C1CCCC1. The highest BCUT2D eigenvalue weighted by molar-refractivity contribution is 5.52. The molecule has 1 aliphatic rings. The fourth-order valence-electron chi connectivity index (χ4n) is 2.85. The van der Waals surface area contributed by atoms with Crippen LogP contribution in [0, 0.1) is 10.1 Å². The fourth-order valence-corrected chi connectivity index (χ4v) is 2.85. The molecule has 1 aliphatic carbocycles. The molecule has 6 nitrogen and oxygen atoms in total. The number of benzene rings is 1. The molecule has 0 atom stereocenters. The third-order valence-electron chi connectivity index (χ3n) is 3.94. The number of aliphatic hydroxyl groups is 1. The van der Waals surface area contributed by atoms with Crippen molar-refractivity contribution in [1.82, 2.24) is 4.90 Å². The van der Waals surface area contributed by atoms with E-state index in [-0.39, 0.29) is 12.3 Å². The van der Waals surface area contributed by atoms with E-state index in [9.17, 15) is 15.2 Å². The first-order valence-electron chi connectivity index (χ1n) is 6.99. The first-order chi connectivity index (χ1) is 9.61. The predicted molar refractivity (Wildman–Crippen MR) is 77.3 cm³/mol. The van der Waals surface area contributed by atoms with Crippen LogP contribution in [0.25, 0.3) is 0 Å². The van der Waals surface area contributed by atoms with Crippen LogP contribution >= 0.6 is 0 Å². The van der Waals surface area contributed by atoms with Crippen LogP contribution < -0.4 is 5.73 Å². The predicted octanol–water partition coefficient (Wildman–Crippen LogP) is 1.91. The van der Waals surface area contributed by atoms with Gasteiger partial charge in [-0.1, -0.05) is 12.8 Å². The van der Waals surface area contributed by atoms with E-state index < -0.39 is 4.92 Å². The molecular formula is C14H21N3O3. The molecule has 20 heavy (non-hydrogen) atoms. The summed E-state index contributed by atoms with van der Waals surface area (Å²) in [5.74, 6) is 0. The standard InChI is InChI=1S/C14H21N3O3/c15-14-6-5-13(17(19)20)9-11(14)10-16(7-8-18)12-3-1-2-4-12/h5-6,9,12,18H,1-4,7-8,10,15H2. The van der Waals surface area contributed by atoms with Gasteiger partial charge < -0.3 is 10.8 Å². The Labute approximate surface area is 118 Å². The summed E-state index contributed by atoms with van der Waals surface area (Å²) in [4.78, 5) is 12.6. The number of non-ortho nitro benzene ring substituents is 1. The Morgan fingerprint density at radius 3 is 2.70 bits per heavy atom. The third-order valence-corrected chi connectivity index (χ3v) is 3.94. The quantitative estimate of drug-likeness (QED) is 0.471. The smallest absolute Gasteiger partial charge is 0.269 e. The molecule has 0 heterocycles. The first-order valence-corrected chi connectivity index (χ1v) is 6.99. The number of aliphatic hydroxyl groups excluding tert-OH is 1. The lowest BCUT2D eigenvalue weighted by Gasteiger charge is -2.28. The summed E-state index contributed by atoms with van der Waals surface area (Å²) in [6, 6.07) is 4.99. The van der Waals surface area contributed by atoms with E-state index in [4.69, 9.17) is 5.73 Å². The zero-order valence-electron chi connectivity index (χ0n) is 11.5. The number of nitrogens with two attached hydrogens (primary N) is 1. The molecular weight excluding hydrogens is 258 g/mol. The van der Waals surface area contributed by atoms with Crippen molar-refractivity contribution in [2.45, 2.75) is 38.3 Å². The van der Waals surface area contributed by atoms with Gasteiger partial charge in [0.2, 0.25) is 0 Å². The molecule has 0 aromatic heterocycles. The van der Waals surface area contributed by atoms with Crippen molar-refractivity contribution in [3.8, 4) is 0 Å².